The second-order valence-corrected chi connectivity index (χ2v) is 6.05. The van der Waals surface area contributed by atoms with Crippen LogP contribution in [-0.2, 0) is 6.18 Å². The summed E-state index contributed by atoms with van der Waals surface area (Å²) in [6.07, 6.45) is -5.49. The highest BCUT2D eigenvalue weighted by Gasteiger charge is 2.33. The van der Waals surface area contributed by atoms with E-state index in [1.165, 1.54) is 23.5 Å². The fraction of sp³-hybridized carbons (Fsp3) is 0.231. The summed E-state index contributed by atoms with van der Waals surface area (Å²) in [6, 6.07) is 5.50. The second-order valence-electron chi connectivity index (χ2n) is 4.07. The number of aliphatic hydroxyl groups excluding tert-OH is 1. The summed E-state index contributed by atoms with van der Waals surface area (Å²) in [4.78, 5) is 0.893. The molecule has 0 spiro atoms. The van der Waals surface area contributed by atoms with Crippen molar-refractivity contribution in [2.24, 2.45) is 0 Å². The minimum absolute atomic E-state index is 0.0296. The van der Waals surface area contributed by atoms with E-state index in [-0.39, 0.29) is 10.0 Å². The molecule has 0 radical (unpaired) electrons. The number of hydrogen-bond acceptors (Lipinski definition) is 2. The monoisotopic (exact) mass is 350 g/mol. The van der Waals surface area contributed by atoms with Gasteiger partial charge < -0.3 is 5.11 Å². The van der Waals surface area contributed by atoms with Gasteiger partial charge in [0.2, 0.25) is 0 Å². The summed E-state index contributed by atoms with van der Waals surface area (Å²) in [5, 5.41) is 12.0. The van der Waals surface area contributed by atoms with E-state index in [0.717, 1.165) is 10.9 Å². The third-order valence-corrected chi connectivity index (χ3v) is 4.36. The second kappa shape index (κ2) is 5.26. The van der Waals surface area contributed by atoms with Gasteiger partial charge in [0.05, 0.1) is 5.56 Å². The molecule has 1 heterocycles. The van der Waals surface area contributed by atoms with E-state index < -0.39 is 17.8 Å². The van der Waals surface area contributed by atoms with Crippen molar-refractivity contribution < 1.29 is 18.3 Å². The lowest BCUT2D eigenvalue weighted by molar-refractivity contribution is -0.138. The average molecular weight is 351 g/mol. The molecule has 2 rings (SSSR count). The van der Waals surface area contributed by atoms with Crippen molar-refractivity contribution in [2.45, 2.75) is 19.2 Å². The van der Waals surface area contributed by atoms with Crippen molar-refractivity contribution in [3.05, 3.63) is 55.7 Å². The Morgan fingerprint density at radius 1 is 1.26 bits per heavy atom. The molecule has 1 atom stereocenters. The fourth-order valence-corrected chi connectivity index (χ4v) is 2.99. The molecule has 0 aliphatic rings. The lowest BCUT2D eigenvalue weighted by Crippen LogP contribution is -2.08. The lowest BCUT2D eigenvalue weighted by atomic mass is 10.0. The van der Waals surface area contributed by atoms with E-state index in [0.29, 0.717) is 5.56 Å². The molecule has 1 N–H and O–H groups in total. The highest BCUT2D eigenvalue weighted by atomic mass is 79.9. The third-order valence-electron chi connectivity index (χ3n) is 2.81. The quantitative estimate of drug-likeness (QED) is 0.814. The zero-order chi connectivity index (χ0) is 14.2. The molecule has 0 amide bonds. The normalized spacial score (nSPS) is 13.6. The standard InChI is InChI=1S/C13H10BrF3OS/c1-7-9(4-5-19-7)12(18)8-2-3-11(14)10(6-8)13(15,16)17/h2-6,12,18H,1H3. The molecule has 6 heteroatoms. The van der Waals surface area contributed by atoms with Crippen LogP contribution in [0.25, 0.3) is 0 Å². The van der Waals surface area contributed by atoms with Gasteiger partial charge in [-0.05, 0) is 41.6 Å². The first-order chi connectivity index (χ1) is 8.80. The number of aryl methyl sites for hydroxylation is 1. The summed E-state index contributed by atoms with van der Waals surface area (Å²) in [5.74, 6) is 0. The van der Waals surface area contributed by atoms with Crippen molar-refractivity contribution in [1.29, 1.82) is 0 Å². The SMILES string of the molecule is Cc1sccc1C(O)c1ccc(Br)c(C(F)(F)F)c1. The molecule has 1 aromatic heterocycles. The van der Waals surface area contributed by atoms with Crippen LogP contribution in [0.1, 0.15) is 27.7 Å². The predicted molar refractivity (Wildman–Crippen MR) is 72.3 cm³/mol. The molecule has 0 fully saturated rings. The molecular formula is C13H10BrF3OS. The number of alkyl halides is 3. The topological polar surface area (TPSA) is 20.2 Å². The Morgan fingerprint density at radius 3 is 2.47 bits per heavy atom. The van der Waals surface area contributed by atoms with Crippen LogP contribution in [0.2, 0.25) is 0 Å². The molecule has 0 aliphatic heterocycles. The van der Waals surface area contributed by atoms with Crippen LogP contribution in [0.5, 0.6) is 0 Å². The zero-order valence-electron chi connectivity index (χ0n) is 9.83. The summed E-state index contributed by atoms with van der Waals surface area (Å²) < 4.78 is 38.4. The number of thiophene rings is 1. The smallest absolute Gasteiger partial charge is 0.384 e. The lowest BCUT2D eigenvalue weighted by Gasteiger charge is -2.15. The molecule has 1 unspecified atom stereocenters. The Balaban J connectivity index is 2.44. The van der Waals surface area contributed by atoms with Gasteiger partial charge in [-0.1, -0.05) is 22.0 Å². The predicted octanol–water partition coefficient (Wildman–Crippen LogP) is 4.92. The maximum Gasteiger partial charge on any atom is 0.417 e. The van der Waals surface area contributed by atoms with Gasteiger partial charge in [-0.2, -0.15) is 13.2 Å². The van der Waals surface area contributed by atoms with Crippen LogP contribution in [0.4, 0.5) is 13.2 Å². The van der Waals surface area contributed by atoms with Gasteiger partial charge in [0.1, 0.15) is 6.10 Å². The van der Waals surface area contributed by atoms with E-state index in [4.69, 9.17) is 0 Å². The summed E-state index contributed by atoms with van der Waals surface area (Å²) in [7, 11) is 0. The number of benzene rings is 1. The van der Waals surface area contributed by atoms with Crippen molar-refractivity contribution in [3.8, 4) is 0 Å². The summed E-state index contributed by atoms with van der Waals surface area (Å²) >= 11 is 4.33. The van der Waals surface area contributed by atoms with Gasteiger partial charge in [0.15, 0.2) is 0 Å². The van der Waals surface area contributed by atoms with Crippen LogP contribution in [-0.4, -0.2) is 5.11 Å². The molecule has 2 aromatic rings. The maximum absolute atomic E-state index is 12.8. The Morgan fingerprint density at radius 2 is 1.95 bits per heavy atom. The average Bonchev–Trinajstić information content (AvgIpc) is 2.73. The van der Waals surface area contributed by atoms with Crippen molar-refractivity contribution in [3.63, 3.8) is 0 Å². The maximum atomic E-state index is 12.8. The number of halogens is 4. The minimum atomic E-state index is -4.45. The van der Waals surface area contributed by atoms with Crippen LogP contribution in [0.15, 0.2) is 34.1 Å². The minimum Gasteiger partial charge on any atom is -0.384 e. The van der Waals surface area contributed by atoms with Gasteiger partial charge >= 0.3 is 6.18 Å². The molecule has 1 nitrogen and oxygen atoms in total. The van der Waals surface area contributed by atoms with Crippen molar-refractivity contribution in [2.75, 3.05) is 0 Å². The Labute approximate surface area is 120 Å². The third kappa shape index (κ3) is 3.01. The highest BCUT2D eigenvalue weighted by molar-refractivity contribution is 9.10. The van der Waals surface area contributed by atoms with Crippen LogP contribution in [0.3, 0.4) is 0 Å². The van der Waals surface area contributed by atoms with E-state index in [2.05, 4.69) is 15.9 Å². The molecule has 0 saturated carbocycles. The largest absolute Gasteiger partial charge is 0.417 e. The summed E-state index contributed by atoms with van der Waals surface area (Å²) in [6.45, 7) is 1.83. The molecular weight excluding hydrogens is 341 g/mol. The molecule has 19 heavy (non-hydrogen) atoms. The van der Waals surface area contributed by atoms with Gasteiger partial charge in [-0.15, -0.1) is 11.3 Å². The molecule has 102 valence electrons. The Kier molecular flexibility index (Phi) is 4.03. The first kappa shape index (κ1) is 14.6. The number of hydrogen-bond donors (Lipinski definition) is 1. The molecule has 0 bridgehead atoms. The molecule has 0 aliphatic carbocycles. The van der Waals surface area contributed by atoms with Crippen LogP contribution >= 0.6 is 27.3 Å². The van der Waals surface area contributed by atoms with Gasteiger partial charge in [0.25, 0.3) is 0 Å². The van der Waals surface area contributed by atoms with Gasteiger partial charge in [0, 0.05) is 9.35 Å². The first-order valence-electron chi connectivity index (χ1n) is 5.39. The van der Waals surface area contributed by atoms with Crippen molar-refractivity contribution >= 4 is 27.3 Å². The first-order valence-corrected chi connectivity index (χ1v) is 7.06. The van der Waals surface area contributed by atoms with Crippen molar-refractivity contribution in [1.82, 2.24) is 0 Å². The number of rotatable bonds is 2. The van der Waals surface area contributed by atoms with E-state index in [9.17, 15) is 18.3 Å². The Bertz CT molecular complexity index is 592. The van der Waals surface area contributed by atoms with Crippen LogP contribution in [0, 0.1) is 6.92 Å². The van der Waals surface area contributed by atoms with Crippen LogP contribution < -0.4 is 0 Å². The van der Waals surface area contributed by atoms with E-state index in [1.54, 1.807) is 11.4 Å². The van der Waals surface area contributed by atoms with Gasteiger partial charge in [-0.3, -0.25) is 0 Å². The molecule has 0 saturated heterocycles. The fourth-order valence-electron chi connectivity index (χ4n) is 1.79. The zero-order valence-corrected chi connectivity index (χ0v) is 12.2. The molecule has 1 aromatic carbocycles. The number of aliphatic hydroxyl groups is 1. The summed E-state index contributed by atoms with van der Waals surface area (Å²) in [5.41, 5.74) is 0.0920. The highest BCUT2D eigenvalue weighted by Crippen LogP contribution is 2.37. The van der Waals surface area contributed by atoms with E-state index >= 15 is 0 Å². The van der Waals surface area contributed by atoms with E-state index in [1.807, 2.05) is 6.92 Å². The van der Waals surface area contributed by atoms with Gasteiger partial charge in [-0.25, -0.2) is 0 Å². The Hall–Kier alpha value is -0.850.